The molecule has 1 aliphatic heterocycles. The lowest BCUT2D eigenvalue weighted by atomic mass is 10.3. The summed E-state index contributed by atoms with van der Waals surface area (Å²) >= 11 is 7.86. The summed E-state index contributed by atoms with van der Waals surface area (Å²) in [7, 11) is -4.73. The average Bonchev–Trinajstić information content (AvgIpc) is 2.60. The van der Waals surface area contributed by atoms with Gasteiger partial charge in [-0.1, -0.05) is 11.6 Å². The molecule has 1 saturated heterocycles. The van der Waals surface area contributed by atoms with E-state index in [4.69, 9.17) is 11.6 Å². The highest BCUT2D eigenvalue weighted by Gasteiger charge is 2.40. The molecule has 1 amide bonds. The summed E-state index contributed by atoms with van der Waals surface area (Å²) in [5.74, 6) is -0.466. The third kappa shape index (κ3) is 2.59. The van der Waals surface area contributed by atoms with E-state index >= 15 is 0 Å². The number of hydrogen-bond donors (Lipinski definition) is 0. The molecule has 0 spiro atoms. The molecule has 0 aromatic carbocycles. The minimum absolute atomic E-state index is 0.225. The first-order valence-corrected chi connectivity index (χ1v) is 7.74. The second kappa shape index (κ2) is 4.89. The summed E-state index contributed by atoms with van der Waals surface area (Å²) in [5, 5.41) is -1.10. The van der Waals surface area contributed by atoms with E-state index in [1.54, 1.807) is 0 Å². The lowest BCUT2D eigenvalue weighted by Gasteiger charge is -2.18. The van der Waals surface area contributed by atoms with Crippen LogP contribution < -0.4 is 4.90 Å². The number of amides is 1. The first-order valence-electron chi connectivity index (χ1n) is 4.83. The van der Waals surface area contributed by atoms with Gasteiger partial charge in [0.15, 0.2) is 0 Å². The van der Waals surface area contributed by atoms with Crippen molar-refractivity contribution >= 4 is 56.0 Å². The molecule has 2 rings (SSSR count). The smallest absolute Gasteiger partial charge is 0.307 e. The maximum absolute atomic E-state index is 12.9. The van der Waals surface area contributed by atoms with Gasteiger partial charge in [0.25, 0.3) is 0 Å². The SMILES string of the molecule is O=C1CC(S(=O)(=O)F)CN1c1c(Cl)cncc1I. The van der Waals surface area contributed by atoms with Crippen LogP contribution in [0.25, 0.3) is 0 Å². The van der Waals surface area contributed by atoms with Gasteiger partial charge in [-0.15, -0.1) is 3.89 Å². The standard InChI is InChI=1S/C9H7ClFIN2O3S/c10-6-2-13-3-7(12)9(6)14-4-5(1-8(14)15)18(11,16)17/h2-3,5H,1,4H2. The monoisotopic (exact) mass is 404 g/mol. The molecule has 1 aliphatic rings. The number of aromatic nitrogens is 1. The molecule has 18 heavy (non-hydrogen) atoms. The van der Waals surface area contributed by atoms with E-state index in [0.29, 0.717) is 9.26 Å². The molecule has 0 aliphatic carbocycles. The second-order valence-corrected chi connectivity index (χ2v) is 6.94. The molecular formula is C9H7ClFIN2O3S. The summed E-state index contributed by atoms with van der Waals surface area (Å²) in [6.45, 7) is -0.225. The largest absolute Gasteiger partial charge is 0.308 e. The molecule has 98 valence electrons. The van der Waals surface area contributed by atoms with E-state index in [0.717, 1.165) is 0 Å². The summed E-state index contributed by atoms with van der Waals surface area (Å²) in [6, 6.07) is 0. The van der Waals surface area contributed by atoms with Crippen LogP contribution in [0.1, 0.15) is 6.42 Å². The minimum Gasteiger partial charge on any atom is -0.308 e. The highest BCUT2D eigenvalue weighted by Crippen LogP contribution is 2.34. The van der Waals surface area contributed by atoms with Gasteiger partial charge in [0.05, 0.1) is 14.3 Å². The number of anilines is 1. The molecule has 1 atom stereocenters. The van der Waals surface area contributed by atoms with Gasteiger partial charge in [-0.05, 0) is 22.6 Å². The number of halogens is 3. The molecule has 1 fully saturated rings. The second-order valence-electron chi connectivity index (χ2n) is 3.76. The van der Waals surface area contributed by atoms with Crippen LogP contribution in [0.15, 0.2) is 12.4 Å². The number of pyridine rings is 1. The van der Waals surface area contributed by atoms with E-state index in [9.17, 15) is 17.1 Å². The lowest BCUT2D eigenvalue weighted by Crippen LogP contribution is -2.28. The fraction of sp³-hybridized carbons (Fsp3) is 0.333. The quantitative estimate of drug-likeness (QED) is 0.556. The number of rotatable bonds is 2. The van der Waals surface area contributed by atoms with Gasteiger partial charge < -0.3 is 4.90 Å². The van der Waals surface area contributed by atoms with Crippen molar-refractivity contribution in [1.29, 1.82) is 0 Å². The molecule has 0 N–H and O–H groups in total. The Labute approximate surface area is 122 Å². The topological polar surface area (TPSA) is 67.3 Å². The van der Waals surface area contributed by atoms with Gasteiger partial charge in [-0.25, -0.2) is 0 Å². The van der Waals surface area contributed by atoms with Gasteiger partial charge in [0, 0.05) is 25.4 Å². The van der Waals surface area contributed by atoms with Crippen LogP contribution in [0.2, 0.25) is 5.02 Å². The Hall–Kier alpha value is -0.480. The van der Waals surface area contributed by atoms with Crippen molar-refractivity contribution < 1.29 is 17.1 Å². The number of nitrogens with zero attached hydrogens (tertiary/aromatic N) is 2. The van der Waals surface area contributed by atoms with Crippen molar-refractivity contribution in [2.45, 2.75) is 11.7 Å². The highest BCUT2D eigenvalue weighted by molar-refractivity contribution is 14.1. The Morgan fingerprint density at radius 2 is 2.17 bits per heavy atom. The number of carbonyl (C=O) groups excluding carboxylic acids is 1. The Morgan fingerprint density at radius 3 is 2.67 bits per heavy atom. The van der Waals surface area contributed by atoms with Crippen molar-refractivity contribution in [1.82, 2.24) is 4.98 Å². The average molecular weight is 405 g/mol. The fourth-order valence-electron chi connectivity index (χ4n) is 1.74. The predicted molar refractivity (Wildman–Crippen MR) is 72.7 cm³/mol. The first kappa shape index (κ1) is 13.9. The summed E-state index contributed by atoms with van der Waals surface area (Å²) in [6.07, 6.45) is 2.48. The molecule has 1 aromatic heterocycles. The van der Waals surface area contributed by atoms with Gasteiger partial charge in [0.1, 0.15) is 5.25 Å². The zero-order chi connectivity index (χ0) is 13.5. The van der Waals surface area contributed by atoms with Gasteiger partial charge in [-0.3, -0.25) is 9.78 Å². The maximum Gasteiger partial charge on any atom is 0.307 e. The molecule has 0 radical (unpaired) electrons. The van der Waals surface area contributed by atoms with Gasteiger partial charge in [0.2, 0.25) is 5.91 Å². The molecule has 1 unspecified atom stereocenters. The van der Waals surface area contributed by atoms with E-state index in [1.165, 1.54) is 17.3 Å². The van der Waals surface area contributed by atoms with E-state index in [1.807, 2.05) is 22.6 Å². The zero-order valence-electron chi connectivity index (χ0n) is 8.81. The Balaban J connectivity index is 2.39. The Bertz CT molecular complexity index is 590. The lowest BCUT2D eigenvalue weighted by molar-refractivity contribution is -0.117. The van der Waals surface area contributed by atoms with Crippen molar-refractivity contribution in [2.24, 2.45) is 0 Å². The molecule has 0 saturated carbocycles. The van der Waals surface area contributed by atoms with Crippen molar-refractivity contribution in [2.75, 3.05) is 11.4 Å². The van der Waals surface area contributed by atoms with Crippen LogP contribution in [0.4, 0.5) is 9.57 Å². The molecule has 9 heteroatoms. The zero-order valence-corrected chi connectivity index (χ0v) is 12.5. The van der Waals surface area contributed by atoms with Crippen LogP contribution in [0.5, 0.6) is 0 Å². The number of carbonyl (C=O) groups is 1. The Kier molecular flexibility index (Phi) is 3.79. The molecular weight excluding hydrogens is 398 g/mol. The van der Waals surface area contributed by atoms with E-state index < -0.39 is 21.4 Å². The number of hydrogen-bond acceptors (Lipinski definition) is 4. The van der Waals surface area contributed by atoms with Crippen LogP contribution >= 0.6 is 34.2 Å². The normalized spacial score (nSPS) is 20.5. The molecule has 1 aromatic rings. The fourth-order valence-corrected chi connectivity index (χ4v) is 3.57. The van der Waals surface area contributed by atoms with Gasteiger partial charge >= 0.3 is 10.2 Å². The van der Waals surface area contributed by atoms with Crippen molar-refractivity contribution in [3.8, 4) is 0 Å². The summed E-state index contributed by atoms with van der Waals surface area (Å²) in [4.78, 5) is 16.8. The van der Waals surface area contributed by atoms with E-state index in [-0.39, 0.29) is 18.0 Å². The summed E-state index contributed by atoms with van der Waals surface area (Å²) in [5.41, 5.74) is 0.378. The highest BCUT2D eigenvalue weighted by atomic mass is 127. The van der Waals surface area contributed by atoms with Crippen LogP contribution in [-0.4, -0.2) is 31.1 Å². The third-order valence-electron chi connectivity index (χ3n) is 2.59. The minimum atomic E-state index is -4.73. The Morgan fingerprint density at radius 1 is 1.50 bits per heavy atom. The molecule has 0 bridgehead atoms. The maximum atomic E-state index is 12.9. The van der Waals surface area contributed by atoms with Crippen molar-refractivity contribution in [3.63, 3.8) is 0 Å². The third-order valence-corrected chi connectivity index (χ3v) is 4.76. The van der Waals surface area contributed by atoms with Crippen LogP contribution in [0, 0.1) is 3.57 Å². The first-order chi connectivity index (χ1) is 8.30. The van der Waals surface area contributed by atoms with Crippen LogP contribution in [0.3, 0.4) is 0 Å². The van der Waals surface area contributed by atoms with Crippen molar-refractivity contribution in [3.05, 3.63) is 21.0 Å². The van der Waals surface area contributed by atoms with Gasteiger partial charge in [-0.2, -0.15) is 8.42 Å². The predicted octanol–water partition coefficient (Wildman–Crippen LogP) is 1.74. The van der Waals surface area contributed by atoms with E-state index in [2.05, 4.69) is 4.98 Å². The summed E-state index contributed by atoms with van der Waals surface area (Å²) < 4.78 is 35.2. The molecule has 2 heterocycles. The van der Waals surface area contributed by atoms with Crippen LogP contribution in [-0.2, 0) is 15.0 Å². The molecule has 5 nitrogen and oxygen atoms in total.